The minimum absolute atomic E-state index is 0.0445. The molecule has 12 nitrogen and oxygen atoms in total. The average molecular weight is 932 g/mol. The quantitative estimate of drug-likeness (QED) is 0.0440. The van der Waals surface area contributed by atoms with Crippen molar-refractivity contribution in [2.45, 2.75) is 189 Å². The maximum atomic E-state index is 13.0. The highest BCUT2D eigenvalue weighted by Gasteiger charge is 2.30. The first-order valence-electron chi connectivity index (χ1n) is 25.5. The molecule has 4 unspecified atom stereocenters. The van der Waals surface area contributed by atoms with Crippen molar-refractivity contribution in [3.05, 3.63) is 88.8 Å². The van der Waals surface area contributed by atoms with Gasteiger partial charge in [0.25, 0.3) is 0 Å². The number of amides is 3. The van der Waals surface area contributed by atoms with E-state index < -0.39 is 11.6 Å². The van der Waals surface area contributed by atoms with Gasteiger partial charge in [0.1, 0.15) is 11.4 Å². The molecular weight excluding hydrogens is 843 g/mol. The first-order valence-corrected chi connectivity index (χ1v) is 25.5. The molecule has 0 spiro atoms. The number of carbonyl (C=O) groups excluding carboxylic acids is 4. The van der Waals surface area contributed by atoms with Gasteiger partial charge < -0.3 is 40.7 Å². The van der Waals surface area contributed by atoms with E-state index in [1.165, 1.54) is 81.9 Å². The van der Waals surface area contributed by atoms with Crippen LogP contribution in [0.15, 0.2) is 77.6 Å². The van der Waals surface area contributed by atoms with Gasteiger partial charge >= 0.3 is 5.97 Å². The van der Waals surface area contributed by atoms with Crippen LogP contribution in [0.5, 0.6) is 5.75 Å². The van der Waals surface area contributed by atoms with Crippen LogP contribution in [0, 0.1) is 5.92 Å². The van der Waals surface area contributed by atoms with E-state index in [1.807, 2.05) is 102 Å². The van der Waals surface area contributed by atoms with Gasteiger partial charge in [-0.15, -0.1) is 0 Å². The predicted molar refractivity (Wildman–Crippen MR) is 272 cm³/mol. The number of aliphatic hydroxyl groups is 1. The number of rotatable bonds is 22. The third kappa shape index (κ3) is 24.7. The largest absolute Gasteiger partial charge is 0.493 e. The molecule has 2 aromatic carbocycles. The molecule has 3 fully saturated rings. The highest BCUT2D eigenvalue weighted by molar-refractivity contribution is 5.80. The van der Waals surface area contributed by atoms with Crippen LogP contribution in [0.2, 0.25) is 0 Å². The maximum Gasteiger partial charge on any atom is 0.333 e. The monoisotopic (exact) mass is 932 g/mol. The number of hydrogen-bond acceptors (Lipinski definition) is 9. The van der Waals surface area contributed by atoms with Crippen LogP contribution < -0.4 is 26.0 Å². The van der Waals surface area contributed by atoms with Gasteiger partial charge in [-0.1, -0.05) is 128 Å². The van der Waals surface area contributed by atoms with Gasteiger partial charge in [-0.2, -0.15) is 0 Å². The number of carbonyl (C=O) groups is 4. The van der Waals surface area contributed by atoms with Crippen molar-refractivity contribution in [1.29, 1.82) is 0 Å². The molecule has 3 amide bonds. The molecule has 376 valence electrons. The summed E-state index contributed by atoms with van der Waals surface area (Å²) >= 11 is 0. The molecule has 2 aliphatic carbocycles. The van der Waals surface area contributed by atoms with Gasteiger partial charge in [0.05, 0.1) is 32.0 Å². The zero-order chi connectivity index (χ0) is 49.5. The second-order valence-corrected chi connectivity index (χ2v) is 18.9. The summed E-state index contributed by atoms with van der Waals surface area (Å²) in [4.78, 5) is 51.5. The van der Waals surface area contributed by atoms with Crippen LogP contribution >= 0.6 is 0 Å². The van der Waals surface area contributed by atoms with Crippen LogP contribution in [0.4, 0.5) is 0 Å². The van der Waals surface area contributed by atoms with E-state index in [9.17, 15) is 19.2 Å². The summed E-state index contributed by atoms with van der Waals surface area (Å²) in [5, 5.41) is 20.8. The van der Waals surface area contributed by atoms with Crippen molar-refractivity contribution in [3.8, 4) is 5.75 Å². The van der Waals surface area contributed by atoms with Crippen molar-refractivity contribution < 1.29 is 33.8 Å². The van der Waals surface area contributed by atoms with E-state index in [0.717, 1.165) is 42.0 Å². The Morgan fingerprint density at radius 2 is 1.55 bits per heavy atom. The summed E-state index contributed by atoms with van der Waals surface area (Å²) in [6.45, 7) is 20.4. The molecule has 2 saturated carbocycles. The normalized spacial score (nSPS) is 16.7. The number of ether oxygens (including phenoxy) is 2. The minimum atomic E-state index is -0.702. The Morgan fingerprint density at radius 1 is 0.896 bits per heavy atom. The van der Waals surface area contributed by atoms with Crippen LogP contribution in [-0.2, 0) is 30.3 Å². The summed E-state index contributed by atoms with van der Waals surface area (Å²) in [7, 11) is 0. The lowest BCUT2D eigenvalue weighted by Gasteiger charge is -2.27. The van der Waals surface area contributed by atoms with Crippen molar-refractivity contribution >= 4 is 24.2 Å². The summed E-state index contributed by atoms with van der Waals surface area (Å²) in [6, 6.07) is 16.6. The molecule has 12 heteroatoms. The number of allylic oxidation sites excluding steroid dienone is 2. The lowest BCUT2D eigenvalue weighted by Crippen LogP contribution is -2.44. The number of likely N-dealkylation sites (tertiary alicyclic amines) is 1. The molecule has 1 aliphatic heterocycles. The van der Waals surface area contributed by atoms with Crippen LogP contribution in [0.3, 0.4) is 0 Å². The van der Waals surface area contributed by atoms with E-state index >= 15 is 0 Å². The molecule has 0 aromatic heterocycles. The van der Waals surface area contributed by atoms with Gasteiger partial charge in [-0.25, -0.2) is 4.79 Å². The lowest BCUT2D eigenvalue weighted by atomic mass is 9.95. The number of hydrogen-bond donors (Lipinski definition) is 5. The summed E-state index contributed by atoms with van der Waals surface area (Å²) in [6.07, 6.45) is 20.9. The Hall–Kier alpha value is -4.84. The number of benzene rings is 2. The van der Waals surface area contributed by atoms with E-state index in [4.69, 9.17) is 14.6 Å². The molecule has 5 N–H and O–H groups in total. The Balaban J connectivity index is 0.000000391. The molecule has 0 bridgehead atoms. The fraction of sp³-hybridized carbons (Fsp3) is 0.636. The summed E-state index contributed by atoms with van der Waals surface area (Å²) < 4.78 is 11.2. The average Bonchev–Trinajstić information content (AvgIpc) is 4.06. The van der Waals surface area contributed by atoms with Gasteiger partial charge in [-0.3, -0.25) is 14.4 Å². The number of aliphatic hydroxyl groups excluding tert-OH is 1. The molecule has 67 heavy (non-hydrogen) atoms. The Kier molecular flexibility index (Phi) is 29.2. The fourth-order valence-electron chi connectivity index (χ4n) is 7.96. The Bertz CT molecular complexity index is 1750. The van der Waals surface area contributed by atoms with Gasteiger partial charge in [0.15, 0.2) is 6.04 Å². The lowest BCUT2D eigenvalue weighted by molar-refractivity contribution is -0.157. The first-order chi connectivity index (χ1) is 32.2. The Labute approximate surface area is 404 Å². The van der Waals surface area contributed by atoms with Crippen LogP contribution in [-0.4, -0.2) is 84.7 Å². The fourth-order valence-corrected chi connectivity index (χ4v) is 7.96. The van der Waals surface area contributed by atoms with E-state index in [-0.39, 0.29) is 42.9 Å². The first kappa shape index (κ1) is 58.3. The molecule has 2 aromatic rings. The third-order valence-corrected chi connectivity index (χ3v) is 11.5. The summed E-state index contributed by atoms with van der Waals surface area (Å²) in [5.41, 5.74) is 4.69. The number of nitrogens with one attached hydrogen (secondary N) is 4. The summed E-state index contributed by atoms with van der Waals surface area (Å²) in [5.74, 6) is -0.0573. The maximum absolute atomic E-state index is 13.0. The predicted octanol–water partition coefficient (Wildman–Crippen LogP) is 10.0. The smallest absolute Gasteiger partial charge is 0.333 e. The second kappa shape index (κ2) is 33.6. The van der Waals surface area contributed by atoms with Crippen LogP contribution in [0.25, 0.3) is 0 Å². The second-order valence-electron chi connectivity index (χ2n) is 18.9. The van der Waals surface area contributed by atoms with Gasteiger partial charge in [0, 0.05) is 43.1 Å². The van der Waals surface area contributed by atoms with Gasteiger partial charge in [-0.05, 0) is 102 Å². The van der Waals surface area contributed by atoms with Crippen LogP contribution in [0.1, 0.15) is 176 Å². The zero-order valence-corrected chi connectivity index (χ0v) is 42.9. The highest BCUT2D eigenvalue weighted by atomic mass is 16.6. The molecule has 0 radical (unpaired) electrons. The molecule has 1 heterocycles. The molecule has 3 aliphatic rings. The van der Waals surface area contributed by atoms with E-state index in [2.05, 4.69) is 46.9 Å². The van der Waals surface area contributed by atoms with Crippen molar-refractivity contribution in [2.24, 2.45) is 5.92 Å². The standard InChI is InChI=1S/C25H39N3O4.C21H30N2O3.C6H12.C3H8/c1-7-12-20(16-26-23(30)21(13-8-2)18(3)27-17-29)28-22(19-14-10-9-11-15-19)24(31)32-25(4,5)6;1-16-5-3-10-23(16)20(18-8-9-18)15-22-21(25)14-17-6-2-7-19(13-17)26-12-4-11-24;1-2-4-6-5-3-1;1-3-2/h9-12,14-15,17-18,21-22,28H,7-8,13,16H2,1-6H3,(H,26,30)(H,27,29);2,6-7,13,16,24H,3-5,8-12,14-15H2,1H3,(H,22,25);1-6H2;3H2,1-2H3/b20-12+;;;. The third-order valence-electron chi connectivity index (χ3n) is 11.5. The van der Waals surface area contributed by atoms with Crippen molar-refractivity contribution in [2.75, 3.05) is 32.8 Å². The number of esters is 1. The van der Waals surface area contributed by atoms with Crippen molar-refractivity contribution in [1.82, 2.24) is 26.2 Å². The van der Waals surface area contributed by atoms with E-state index in [0.29, 0.717) is 44.9 Å². The topological polar surface area (TPSA) is 158 Å². The zero-order valence-electron chi connectivity index (χ0n) is 42.9. The van der Waals surface area contributed by atoms with E-state index in [1.54, 1.807) is 0 Å². The Morgan fingerprint density at radius 3 is 2.09 bits per heavy atom. The molecular formula is C55H89N5O7. The number of nitrogens with zero attached hydrogens (tertiary/aromatic N) is 1. The van der Waals surface area contributed by atoms with Gasteiger partial charge in [0.2, 0.25) is 18.2 Å². The molecule has 1 saturated heterocycles. The van der Waals surface area contributed by atoms with Crippen molar-refractivity contribution in [3.63, 3.8) is 0 Å². The SMILES string of the molecule is C1CCCCC1.CC/C=C(\CNC(=O)C(CCC)C(C)NC=O)NC(C(=O)OC(C)(C)C)c1ccccc1.CC1CCCN1C(CNC(=O)Cc1cccc(OCCCO)c1)=C1CC1.CCC. The highest BCUT2D eigenvalue weighted by Crippen LogP contribution is 2.35. The molecule has 4 atom stereocenters. The minimum Gasteiger partial charge on any atom is -0.493 e. The molecule has 5 rings (SSSR count).